The van der Waals surface area contributed by atoms with Crippen LogP contribution in [0.15, 0.2) is 48.5 Å². The highest BCUT2D eigenvalue weighted by molar-refractivity contribution is 7.92. The van der Waals surface area contributed by atoms with Crippen LogP contribution in [0.1, 0.15) is 31.4 Å². The molecule has 1 N–H and O–H groups in total. The highest BCUT2D eigenvalue weighted by Crippen LogP contribution is 2.23. The number of anilines is 1. The largest absolute Gasteiger partial charge is 0.494 e. The highest BCUT2D eigenvalue weighted by atomic mass is 32.2. The van der Waals surface area contributed by atoms with Gasteiger partial charge in [-0.05, 0) is 55.7 Å². The zero-order chi connectivity index (χ0) is 20.7. The van der Waals surface area contributed by atoms with Crippen LogP contribution in [-0.4, -0.2) is 33.2 Å². The summed E-state index contributed by atoms with van der Waals surface area (Å²) in [6.07, 6.45) is 1.47. The lowest BCUT2D eigenvalue weighted by Crippen LogP contribution is -2.49. The number of benzene rings is 2. The normalized spacial score (nSPS) is 12.3. The lowest BCUT2D eigenvalue weighted by atomic mass is 10.1. The number of carbonyl (C=O) groups excluding carboxylic acids is 1. The Balaban J connectivity index is 2.21. The van der Waals surface area contributed by atoms with Gasteiger partial charge in [-0.25, -0.2) is 8.42 Å². The average molecular weight is 405 g/mol. The van der Waals surface area contributed by atoms with Gasteiger partial charge in [0.05, 0.1) is 18.6 Å². The smallest absolute Gasteiger partial charge is 0.244 e. The Morgan fingerprint density at radius 3 is 2.46 bits per heavy atom. The predicted octanol–water partition coefficient (Wildman–Crippen LogP) is 3.25. The van der Waals surface area contributed by atoms with E-state index >= 15 is 0 Å². The fourth-order valence-corrected chi connectivity index (χ4v) is 4.25. The zero-order valence-corrected chi connectivity index (χ0v) is 17.6. The molecular weight excluding hydrogens is 376 g/mol. The molecule has 7 heteroatoms. The van der Waals surface area contributed by atoms with E-state index in [-0.39, 0.29) is 5.91 Å². The topological polar surface area (TPSA) is 75.7 Å². The van der Waals surface area contributed by atoms with Crippen molar-refractivity contribution in [3.05, 3.63) is 59.7 Å². The van der Waals surface area contributed by atoms with E-state index in [4.69, 9.17) is 4.74 Å². The number of hydrogen-bond acceptors (Lipinski definition) is 4. The van der Waals surface area contributed by atoms with Gasteiger partial charge in [0, 0.05) is 6.54 Å². The van der Waals surface area contributed by atoms with Crippen LogP contribution in [0.3, 0.4) is 0 Å². The Hall–Kier alpha value is -2.54. The van der Waals surface area contributed by atoms with E-state index in [2.05, 4.69) is 5.32 Å². The lowest BCUT2D eigenvalue weighted by Gasteiger charge is -2.30. The van der Waals surface area contributed by atoms with Gasteiger partial charge in [-0.2, -0.15) is 0 Å². The van der Waals surface area contributed by atoms with Gasteiger partial charge in [-0.15, -0.1) is 0 Å². The third kappa shape index (κ3) is 5.73. The first kappa shape index (κ1) is 21.8. The second-order valence-corrected chi connectivity index (χ2v) is 8.48. The summed E-state index contributed by atoms with van der Waals surface area (Å²) < 4.78 is 31.6. The number of hydrogen-bond donors (Lipinski definition) is 1. The Morgan fingerprint density at radius 2 is 1.86 bits per heavy atom. The monoisotopic (exact) mass is 404 g/mol. The summed E-state index contributed by atoms with van der Waals surface area (Å²) in [7, 11) is -3.64. The van der Waals surface area contributed by atoms with Gasteiger partial charge in [0.1, 0.15) is 11.8 Å². The van der Waals surface area contributed by atoms with Crippen molar-refractivity contribution in [1.29, 1.82) is 0 Å². The van der Waals surface area contributed by atoms with Crippen LogP contribution in [0.25, 0.3) is 0 Å². The van der Waals surface area contributed by atoms with Crippen molar-refractivity contribution in [3.8, 4) is 5.75 Å². The first-order valence-corrected chi connectivity index (χ1v) is 11.2. The SMILES string of the molecule is CCOc1cccc(CNC(=O)[C@H](CC)N(c2cccc(C)c2)S(C)(=O)=O)c1. The van der Waals surface area contributed by atoms with Crippen LogP contribution in [0, 0.1) is 6.92 Å². The number of sulfonamides is 1. The molecule has 0 saturated carbocycles. The van der Waals surface area contributed by atoms with Gasteiger partial charge in [-0.3, -0.25) is 9.10 Å². The molecule has 0 spiro atoms. The molecule has 2 aromatic carbocycles. The maximum Gasteiger partial charge on any atom is 0.244 e. The Labute approximate surface area is 167 Å². The second-order valence-electron chi connectivity index (χ2n) is 6.62. The van der Waals surface area contributed by atoms with Gasteiger partial charge >= 0.3 is 0 Å². The van der Waals surface area contributed by atoms with E-state index in [1.54, 1.807) is 25.1 Å². The fourth-order valence-electron chi connectivity index (χ4n) is 3.04. The van der Waals surface area contributed by atoms with Crippen molar-refractivity contribution < 1.29 is 17.9 Å². The molecule has 0 bridgehead atoms. The molecule has 152 valence electrons. The molecule has 1 amide bonds. The molecule has 0 fully saturated rings. The standard InChI is InChI=1S/C21H28N2O4S/c1-5-20(23(28(4,25)26)18-11-7-9-16(3)13-18)21(24)22-15-17-10-8-12-19(14-17)27-6-2/h7-14,20H,5-6,15H2,1-4H3,(H,22,24)/t20-/m0/s1. The number of aryl methyl sites for hydroxylation is 1. The molecule has 0 unspecified atom stereocenters. The molecule has 2 rings (SSSR count). The second kappa shape index (κ2) is 9.59. The summed E-state index contributed by atoms with van der Waals surface area (Å²) in [4.78, 5) is 12.9. The maximum atomic E-state index is 12.9. The first-order valence-electron chi connectivity index (χ1n) is 9.31. The first-order chi connectivity index (χ1) is 13.3. The van der Waals surface area contributed by atoms with Crippen LogP contribution >= 0.6 is 0 Å². The number of carbonyl (C=O) groups is 1. The van der Waals surface area contributed by atoms with E-state index in [9.17, 15) is 13.2 Å². The molecule has 1 atom stereocenters. The van der Waals surface area contributed by atoms with Gasteiger partial charge in [0.25, 0.3) is 0 Å². The molecule has 0 saturated heterocycles. The summed E-state index contributed by atoms with van der Waals surface area (Å²) in [6, 6.07) is 13.8. The van der Waals surface area contributed by atoms with E-state index in [0.29, 0.717) is 25.3 Å². The average Bonchev–Trinajstić information content (AvgIpc) is 2.63. The van der Waals surface area contributed by atoms with Crippen LogP contribution < -0.4 is 14.4 Å². The maximum absolute atomic E-state index is 12.9. The third-order valence-corrected chi connectivity index (χ3v) is 5.44. The molecule has 0 aromatic heterocycles. The minimum absolute atomic E-state index is 0.293. The minimum atomic E-state index is -3.64. The Morgan fingerprint density at radius 1 is 1.14 bits per heavy atom. The minimum Gasteiger partial charge on any atom is -0.494 e. The predicted molar refractivity (Wildman–Crippen MR) is 112 cm³/mol. The fraction of sp³-hybridized carbons (Fsp3) is 0.381. The number of amides is 1. The summed E-state index contributed by atoms with van der Waals surface area (Å²) in [5.41, 5.74) is 2.30. The summed E-state index contributed by atoms with van der Waals surface area (Å²) >= 11 is 0. The Kier molecular flexibility index (Phi) is 7.45. The lowest BCUT2D eigenvalue weighted by molar-refractivity contribution is -0.122. The van der Waals surface area contributed by atoms with Crippen molar-refractivity contribution >= 4 is 21.6 Å². The van der Waals surface area contributed by atoms with Gasteiger partial charge < -0.3 is 10.1 Å². The van der Waals surface area contributed by atoms with E-state index in [1.165, 1.54) is 4.31 Å². The van der Waals surface area contributed by atoms with Crippen molar-refractivity contribution in [2.45, 2.75) is 39.8 Å². The molecule has 2 aromatic rings. The van der Waals surface area contributed by atoms with Crippen molar-refractivity contribution in [2.75, 3.05) is 17.2 Å². The molecule has 0 radical (unpaired) electrons. The number of rotatable bonds is 9. The number of nitrogens with one attached hydrogen (secondary N) is 1. The molecule has 0 aliphatic rings. The van der Waals surface area contributed by atoms with Crippen LogP contribution in [0.5, 0.6) is 5.75 Å². The molecular formula is C21H28N2O4S. The van der Waals surface area contributed by atoms with Crippen LogP contribution in [0.2, 0.25) is 0 Å². The molecule has 6 nitrogen and oxygen atoms in total. The van der Waals surface area contributed by atoms with E-state index in [1.807, 2.05) is 44.2 Å². The molecule has 0 aliphatic heterocycles. The van der Waals surface area contributed by atoms with Crippen molar-refractivity contribution in [3.63, 3.8) is 0 Å². The quantitative estimate of drug-likeness (QED) is 0.696. The zero-order valence-electron chi connectivity index (χ0n) is 16.8. The third-order valence-electron chi connectivity index (χ3n) is 4.26. The van der Waals surface area contributed by atoms with Crippen molar-refractivity contribution in [2.24, 2.45) is 0 Å². The van der Waals surface area contributed by atoms with Gasteiger partial charge in [-0.1, -0.05) is 31.2 Å². The van der Waals surface area contributed by atoms with Gasteiger partial charge in [0.2, 0.25) is 15.9 Å². The highest BCUT2D eigenvalue weighted by Gasteiger charge is 2.31. The van der Waals surface area contributed by atoms with Crippen LogP contribution in [0.4, 0.5) is 5.69 Å². The summed E-state index contributed by atoms with van der Waals surface area (Å²) in [5, 5.41) is 2.86. The van der Waals surface area contributed by atoms with Gasteiger partial charge in [0.15, 0.2) is 0 Å². The van der Waals surface area contributed by atoms with E-state index in [0.717, 1.165) is 23.1 Å². The number of nitrogens with zero attached hydrogens (tertiary/aromatic N) is 1. The van der Waals surface area contributed by atoms with E-state index < -0.39 is 16.1 Å². The summed E-state index contributed by atoms with van der Waals surface area (Å²) in [6.45, 7) is 6.45. The number of ether oxygens (including phenoxy) is 1. The Bertz CT molecular complexity index is 912. The molecule has 28 heavy (non-hydrogen) atoms. The van der Waals surface area contributed by atoms with Crippen molar-refractivity contribution in [1.82, 2.24) is 5.32 Å². The molecule has 0 aliphatic carbocycles. The van der Waals surface area contributed by atoms with Crippen LogP contribution in [-0.2, 0) is 21.4 Å². The molecule has 0 heterocycles. The summed E-state index contributed by atoms with van der Waals surface area (Å²) in [5.74, 6) is 0.398.